The fourth-order valence-electron chi connectivity index (χ4n) is 1.22. The molecule has 74 valence electrons. The summed E-state index contributed by atoms with van der Waals surface area (Å²) in [4.78, 5) is 0. The van der Waals surface area contributed by atoms with E-state index in [4.69, 9.17) is 20.0 Å². The highest BCUT2D eigenvalue weighted by Crippen LogP contribution is 2.20. The lowest BCUT2D eigenvalue weighted by Gasteiger charge is -2.08. The zero-order valence-corrected chi connectivity index (χ0v) is 7.69. The lowest BCUT2D eigenvalue weighted by atomic mass is 10.1. The fraction of sp³-hybridized carbons (Fsp3) is 0.556. The first kappa shape index (κ1) is 10.2. The fourth-order valence-corrected chi connectivity index (χ4v) is 1.22. The lowest BCUT2D eigenvalue weighted by Crippen LogP contribution is -2.13. The third kappa shape index (κ3) is 2.55. The summed E-state index contributed by atoms with van der Waals surface area (Å²) in [5.74, 6) is 0.705. The van der Waals surface area contributed by atoms with Crippen molar-refractivity contribution in [2.45, 2.75) is 19.1 Å². The predicted octanol–water partition coefficient (Wildman–Crippen LogP) is 0.808. The van der Waals surface area contributed by atoms with Crippen molar-refractivity contribution in [3.05, 3.63) is 23.7 Å². The van der Waals surface area contributed by atoms with Crippen LogP contribution in [0.15, 0.2) is 16.7 Å². The van der Waals surface area contributed by atoms with Crippen LogP contribution in [0.5, 0.6) is 0 Å². The first-order chi connectivity index (χ1) is 6.29. The molecule has 0 aliphatic rings. The number of aliphatic hydroxyl groups excluding tert-OH is 1. The number of aliphatic hydroxyl groups is 1. The Balaban J connectivity index is 2.68. The second kappa shape index (κ2) is 5.01. The first-order valence-corrected chi connectivity index (χ1v) is 4.21. The van der Waals surface area contributed by atoms with Crippen LogP contribution in [0.2, 0.25) is 0 Å². The molecule has 1 aromatic heterocycles. The van der Waals surface area contributed by atoms with Gasteiger partial charge in [-0.25, -0.2) is 0 Å². The van der Waals surface area contributed by atoms with Crippen LogP contribution < -0.4 is 5.73 Å². The molecule has 0 amide bonds. The summed E-state index contributed by atoms with van der Waals surface area (Å²) >= 11 is 0. The Morgan fingerprint density at radius 3 is 3.08 bits per heavy atom. The predicted molar refractivity (Wildman–Crippen MR) is 48.1 cm³/mol. The second-order valence-corrected chi connectivity index (χ2v) is 2.86. The van der Waals surface area contributed by atoms with Gasteiger partial charge >= 0.3 is 0 Å². The van der Waals surface area contributed by atoms with E-state index in [1.807, 2.05) is 6.07 Å². The summed E-state index contributed by atoms with van der Waals surface area (Å²) < 4.78 is 10.2. The molecule has 0 bridgehead atoms. The summed E-state index contributed by atoms with van der Waals surface area (Å²) in [6.07, 6.45) is 2.09. The average molecular weight is 185 g/mol. The van der Waals surface area contributed by atoms with E-state index >= 15 is 0 Å². The van der Waals surface area contributed by atoms with Gasteiger partial charge in [0.15, 0.2) is 0 Å². The van der Waals surface area contributed by atoms with E-state index in [0.717, 1.165) is 5.56 Å². The Morgan fingerprint density at radius 1 is 1.69 bits per heavy atom. The Morgan fingerprint density at radius 2 is 2.46 bits per heavy atom. The van der Waals surface area contributed by atoms with Gasteiger partial charge in [-0.05, 0) is 12.5 Å². The summed E-state index contributed by atoms with van der Waals surface area (Å²) in [7, 11) is 1.62. The van der Waals surface area contributed by atoms with E-state index in [1.54, 1.807) is 13.4 Å². The van der Waals surface area contributed by atoms with E-state index in [9.17, 15) is 0 Å². The van der Waals surface area contributed by atoms with Gasteiger partial charge in [-0.2, -0.15) is 0 Å². The molecule has 0 saturated carbocycles. The quantitative estimate of drug-likeness (QED) is 0.712. The molecule has 3 N–H and O–H groups in total. The van der Waals surface area contributed by atoms with Crippen LogP contribution in [0.25, 0.3) is 0 Å². The maximum Gasteiger partial charge on any atom is 0.126 e. The Kier molecular flexibility index (Phi) is 3.95. The van der Waals surface area contributed by atoms with Crippen molar-refractivity contribution in [2.75, 3.05) is 13.7 Å². The number of nitrogens with two attached hydrogens (primary N) is 1. The first-order valence-electron chi connectivity index (χ1n) is 4.21. The van der Waals surface area contributed by atoms with Crippen LogP contribution in [0.3, 0.4) is 0 Å². The third-order valence-electron chi connectivity index (χ3n) is 1.86. The van der Waals surface area contributed by atoms with E-state index in [0.29, 0.717) is 18.8 Å². The maximum absolute atomic E-state index is 8.70. The van der Waals surface area contributed by atoms with E-state index in [-0.39, 0.29) is 12.6 Å². The summed E-state index contributed by atoms with van der Waals surface area (Å²) in [6, 6.07) is 1.58. The number of hydrogen-bond acceptors (Lipinski definition) is 4. The van der Waals surface area contributed by atoms with Gasteiger partial charge in [-0.1, -0.05) is 0 Å². The van der Waals surface area contributed by atoms with Crippen molar-refractivity contribution < 1.29 is 14.3 Å². The van der Waals surface area contributed by atoms with Crippen molar-refractivity contribution in [1.29, 1.82) is 0 Å². The molecule has 0 aromatic carbocycles. The van der Waals surface area contributed by atoms with Gasteiger partial charge in [-0.3, -0.25) is 0 Å². The number of methoxy groups -OCH3 is 1. The van der Waals surface area contributed by atoms with Crippen molar-refractivity contribution in [1.82, 2.24) is 0 Å². The summed E-state index contributed by atoms with van der Waals surface area (Å²) in [5, 5.41) is 8.70. The normalized spacial score (nSPS) is 13.2. The van der Waals surface area contributed by atoms with Gasteiger partial charge in [0.2, 0.25) is 0 Å². The van der Waals surface area contributed by atoms with Crippen LogP contribution in [-0.4, -0.2) is 18.8 Å². The van der Waals surface area contributed by atoms with Gasteiger partial charge in [-0.15, -0.1) is 0 Å². The van der Waals surface area contributed by atoms with E-state index < -0.39 is 0 Å². The van der Waals surface area contributed by atoms with Crippen LogP contribution in [-0.2, 0) is 11.3 Å². The van der Waals surface area contributed by atoms with Crippen LogP contribution >= 0.6 is 0 Å². The summed E-state index contributed by atoms with van der Waals surface area (Å²) in [6.45, 7) is 0.555. The number of hydrogen-bond donors (Lipinski definition) is 2. The molecule has 1 rings (SSSR count). The molecule has 0 fully saturated rings. The number of rotatable bonds is 5. The molecule has 1 atom stereocenters. The van der Waals surface area contributed by atoms with Crippen LogP contribution in [0.4, 0.5) is 0 Å². The van der Waals surface area contributed by atoms with Crippen LogP contribution in [0, 0.1) is 0 Å². The van der Waals surface area contributed by atoms with E-state index in [2.05, 4.69) is 0 Å². The largest absolute Gasteiger partial charge is 0.467 e. The van der Waals surface area contributed by atoms with Gasteiger partial charge in [0.25, 0.3) is 0 Å². The highest BCUT2D eigenvalue weighted by atomic mass is 16.5. The minimum Gasteiger partial charge on any atom is -0.467 e. The van der Waals surface area contributed by atoms with Crippen molar-refractivity contribution >= 4 is 0 Å². The molecule has 1 aromatic rings. The molecule has 0 spiro atoms. The molecule has 4 heteroatoms. The molecule has 0 aliphatic carbocycles. The van der Waals surface area contributed by atoms with Crippen LogP contribution in [0.1, 0.15) is 23.8 Å². The SMILES string of the molecule is COCc1ccoc1C(N)CCO. The molecule has 0 saturated heterocycles. The molecule has 13 heavy (non-hydrogen) atoms. The Hall–Kier alpha value is -0.840. The van der Waals surface area contributed by atoms with Crippen molar-refractivity contribution in [3.8, 4) is 0 Å². The molecular weight excluding hydrogens is 170 g/mol. The smallest absolute Gasteiger partial charge is 0.126 e. The summed E-state index contributed by atoms with van der Waals surface area (Å²) in [5.41, 5.74) is 6.72. The minimum absolute atomic E-state index is 0.0638. The zero-order valence-electron chi connectivity index (χ0n) is 7.69. The van der Waals surface area contributed by atoms with Crippen molar-refractivity contribution in [2.24, 2.45) is 5.73 Å². The Bertz CT molecular complexity index is 247. The molecule has 4 nitrogen and oxygen atoms in total. The minimum atomic E-state index is -0.245. The van der Waals surface area contributed by atoms with Gasteiger partial charge in [0.05, 0.1) is 18.9 Å². The number of ether oxygens (including phenoxy) is 1. The molecular formula is C9H15NO3. The molecule has 0 aliphatic heterocycles. The molecule has 0 radical (unpaired) electrons. The van der Waals surface area contributed by atoms with Gasteiger partial charge in [0.1, 0.15) is 5.76 Å². The highest BCUT2D eigenvalue weighted by Gasteiger charge is 2.13. The number of furan rings is 1. The van der Waals surface area contributed by atoms with Crippen molar-refractivity contribution in [3.63, 3.8) is 0 Å². The lowest BCUT2D eigenvalue weighted by molar-refractivity contribution is 0.181. The molecule has 1 unspecified atom stereocenters. The van der Waals surface area contributed by atoms with Gasteiger partial charge < -0.3 is 20.0 Å². The topological polar surface area (TPSA) is 68.6 Å². The zero-order chi connectivity index (χ0) is 9.68. The monoisotopic (exact) mass is 185 g/mol. The Labute approximate surface area is 77.3 Å². The molecule has 1 heterocycles. The standard InChI is InChI=1S/C9H15NO3/c1-12-6-7-3-5-13-9(7)8(10)2-4-11/h3,5,8,11H,2,4,6,10H2,1H3. The van der Waals surface area contributed by atoms with Gasteiger partial charge in [0, 0.05) is 19.3 Å². The maximum atomic E-state index is 8.70. The average Bonchev–Trinajstić information content (AvgIpc) is 2.54. The third-order valence-corrected chi connectivity index (χ3v) is 1.86. The highest BCUT2D eigenvalue weighted by molar-refractivity contribution is 5.19. The second-order valence-electron chi connectivity index (χ2n) is 2.86. The van der Waals surface area contributed by atoms with E-state index in [1.165, 1.54) is 0 Å².